The van der Waals surface area contributed by atoms with E-state index in [1.165, 1.54) is 46.2 Å². The first kappa shape index (κ1) is 29.7. The maximum absolute atomic E-state index is 14.2. The van der Waals surface area contributed by atoms with Crippen LogP contribution in [0.15, 0.2) is 41.8 Å². The number of nitrogens with zero attached hydrogens (tertiary/aromatic N) is 3. The molecule has 47 heavy (non-hydrogen) atoms. The Morgan fingerprint density at radius 1 is 0.915 bits per heavy atom. The van der Waals surface area contributed by atoms with Gasteiger partial charge in [0.05, 0.1) is 52.1 Å². The van der Waals surface area contributed by atoms with Crippen LogP contribution >= 0.6 is 11.3 Å². The number of nitrogens with one attached hydrogen (secondary N) is 1. The van der Waals surface area contributed by atoms with Crippen molar-refractivity contribution in [1.82, 2.24) is 19.6 Å². The lowest BCUT2D eigenvalue weighted by atomic mass is 9.96. The number of aliphatic hydroxyl groups is 5. The zero-order valence-corrected chi connectivity index (χ0v) is 24.9. The van der Waals surface area contributed by atoms with Gasteiger partial charge in [0.1, 0.15) is 47.5 Å². The van der Waals surface area contributed by atoms with Crippen LogP contribution in [0.4, 0.5) is 0 Å². The van der Waals surface area contributed by atoms with Gasteiger partial charge in [-0.1, -0.05) is 0 Å². The number of hydrogen-bond donors (Lipinski definition) is 8. The van der Waals surface area contributed by atoms with E-state index < -0.39 is 49.1 Å². The van der Waals surface area contributed by atoms with Crippen molar-refractivity contribution in [3.63, 3.8) is 0 Å². The fourth-order valence-corrected chi connectivity index (χ4v) is 7.33. The third kappa shape index (κ3) is 4.21. The lowest BCUT2D eigenvalue weighted by molar-refractivity contribution is -0.249. The molecule has 8 N–H and O–H groups in total. The molecule has 0 unspecified atom stereocenters. The molecular weight excluding hydrogens is 636 g/mol. The Hall–Kier alpha value is -4.65. The van der Waals surface area contributed by atoms with Crippen LogP contribution in [0.1, 0.15) is 37.6 Å². The zero-order valence-electron chi connectivity index (χ0n) is 24.1. The number of fused-ring (bicyclic) bond motifs is 10. The van der Waals surface area contributed by atoms with Crippen LogP contribution in [0, 0.1) is 0 Å². The number of phenolic OH excluding ortho intramolecular Hbond substituents is 2. The van der Waals surface area contributed by atoms with Crippen molar-refractivity contribution >= 4 is 66.8 Å². The van der Waals surface area contributed by atoms with Gasteiger partial charge in [0.2, 0.25) is 0 Å². The summed E-state index contributed by atoms with van der Waals surface area (Å²) in [5.41, 5.74) is 1.52. The van der Waals surface area contributed by atoms with E-state index in [2.05, 4.69) is 9.97 Å². The summed E-state index contributed by atoms with van der Waals surface area (Å²) in [7, 11) is 0. The standard InChI is InChI=1S/C31H26N4O11S/c36-7-18-26(40)27(41)28(42)31(46-18)34-17-6-13(39)2-4-15(17)21-23-22(20-14-3-1-12(38)5-16(14)33-24(20)25(21)34)29(43)35(30(23)44)45-9-11-10-47-19(8-37)32-11/h1-6,10,18,26-28,31,33,36-42H,7-9H2/t18-,26-,27+,28-,31-/m1/s1. The number of H-pyrrole nitrogens is 1. The Morgan fingerprint density at radius 2 is 1.62 bits per heavy atom. The number of hydrogen-bond acceptors (Lipinski definition) is 13. The molecule has 0 radical (unpaired) electrons. The summed E-state index contributed by atoms with van der Waals surface area (Å²) in [6, 6.07) is 8.72. The number of rotatable bonds is 6. The maximum atomic E-state index is 14.2. The Morgan fingerprint density at radius 3 is 2.32 bits per heavy atom. The number of thiazole rings is 1. The minimum atomic E-state index is -1.75. The number of aromatic hydroxyl groups is 2. The number of imide groups is 1. The average Bonchev–Trinajstić information content (AvgIpc) is 3.81. The predicted octanol–water partition coefficient (Wildman–Crippen LogP) is 1.49. The van der Waals surface area contributed by atoms with Gasteiger partial charge >= 0.3 is 0 Å². The van der Waals surface area contributed by atoms with E-state index in [0.29, 0.717) is 43.0 Å². The molecular formula is C31H26N4O11S. The molecule has 1 fully saturated rings. The molecule has 2 aliphatic heterocycles. The molecule has 5 atom stereocenters. The van der Waals surface area contributed by atoms with Gasteiger partial charge in [-0.25, -0.2) is 4.98 Å². The summed E-state index contributed by atoms with van der Waals surface area (Å²) in [5.74, 6) is -1.83. The third-order valence-electron chi connectivity index (χ3n) is 8.75. The van der Waals surface area contributed by atoms with Crippen molar-refractivity contribution in [2.75, 3.05) is 6.61 Å². The van der Waals surface area contributed by atoms with Gasteiger partial charge in [0.15, 0.2) is 6.23 Å². The van der Waals surface area contributed by atoms with Crippen molar-refractivity contribution in [2.24, 2.45) is 0 Å². The first-order valence-electron chi connectivity index (χ1n) is 14.5. The topological polar surface area (TPSA) is 231 Å². The average molecular weight is 663 g/mol. The Bertz CT molecular complexity index is 2270. The molecule has 15 nitrogen and oxygen atoms in total. The lowest BCUT2D eigenvalue weighted by Gasteiger charge is -2.41. The molecule has 2 amide bonds. The molecule has 0 spiro atoms. The van der Waals surface area contributed by atoms with Crippen molar-refractivity contribution in [1.29, 1.82) is 0 Å². The third-order valence-corrected chi connectivity index (χ3v) is 9.63. The second-order valence-electron chi connectivity index (χ2n) is 11.4. The highest BCUT2D eigenvalue weighted by molar-refractivity contribution is 7.09. The van der Waals surface area contributed by atoms with Crippen LogP contribution in [-0.2, 0) is 22.8 Å². The fourth-order valence-electron chi connectivity index (χ4n) is 6.69. The smallest absolute Gasteiger partial charge is 0.286 e. The monoisotopic (exact) mass is 662 g/mol. The highest BCUT2D eigenvalue weighted by Gasteiger charge is 2.47. The molecule has 242 valence electrons. The number of ether oxygens (including phenoxy) is 1. The molecule has 3 aromatic carbocycles. The highest BCUT2D eigenvalue weighted by Crippen LogP contribution is 2.48. The molecule has 0 aliphatic carbocycles. The predicted molar refractivity (Wildman–Crippen MR) is 164 cm³/mol. The van der Waals surface area contributed by atoms with Crippen molar-refractivity contribution in [2.45, 2.75) is 43.9 Å². The van der Waals surface area contributed by atoms with Gasteiger partial charge in [-0.05, 0) is 24.3 Å². The molecule has 5 heterocycles. The SMILES string of the molecule is O=C1c2c(c3c4ccc(O)cc4n([C@@H]4O[C@H](CO)[C@@H](O)[C@H](O)[C@H]4O)c3c3[nH]c4cc(O)ccc4c23)C(=O)N1OCc1csc(CO)n1. The molecule has 6 aromatic rings. The minimum Gasteiger partial charge on any atom is -0.508 e. The second-order valence-corrected chi connectivity index (χ2v) is 12.4. The number of hydroxylamine groups is 2. The Balaban J connectivity index is 1.44. The number of phenols is 2. The number of amides is 2. The van der Waals surface area contributed by atoms with Crippen LogP contribution in [0.25, 0.3) is 43.6 Å². The van der Waals surface area contributed by atoms with E-state index in [9.17, 15) is 45.3 Å². The number of carbonyl (C=O) groups excluding carboxylic acids is 2. The van der Waals surface area contributed by atoms with Crippen molar-refractivity contribution < 1.29 is 54.9 Å². The van der Waals surface area contributed by atoms with Crippen LogP contribution in [0.3, 0.4) is 0 Å². The van der Waals surface area contributed by atoms with Gasteiger partial charge in [-0.2, -0.15) is 0 Å². The maximum Gasteiger partial charge on any atom is 0.286 e. The number of aliphatic hydroxyl groups excluding tert-OH is 5. The van der Waals surface area contributed by atoms with Crippen LogP contribution < -0.4 is 0 Å². The van der Waals surface area contributed by atoms with E-state index in [4.69, 9.17) is 9.57 Å². The van der Waals surface area contributed by atoms with Gasteiger partial charge in [-0.3, -0.25) is 14.4 Å². The molecule has 0 bridgehead atoms. The van der Waals surface area contributed by atoms with E-state index in [1.54, 1.807) is 11.4 Å². The molecule has 8 rings (SSSR count). The summed E-state index contributed by atoms with van der Waals surface area (Å²) in [6.07, 6.45) is -7.88. The van der Waals surface area contributed by atoms with E-state index >= 15 is 0 Å². The Kier molecular flexibility index (Phi) is 6.76. The summed E-state index contributed by atoms with van der Waals surface area (Å²) in [4.78, 5) is 41.5. The molecule has 0 saturated carbocycles. The van der Waals surface area contributed by atoms with E-state index in [1.807, 2.05) is 0 Å². The first-order chi connectivity index (χ1) is 22.6. The number of carbonyl (C=O) groups is 2. The number of benzene rings is 3. The molecule has 1 saturated heterocycles. The van der Waals surface area contributed by atoms with Gasteiger partial charge in [-0.15, -0.1) is 16.4 Å². The van der Waals surface area contributed by atoms with E-state index in [-0.39, 0.29) is 52.3 Å². The summed E-state index contributed by atoms with van der Waals surface area (Å²) >= 11 is 1.19. The summed E-state index contributed by atoms with van der Waals surface area (Å²) in [6.45, 7) is -1.23. The summed E-state index contributed by atoms with van der Waals surface area (Å²) < 4.78 is 7.41. The molecule has 3 aromatic heterocycles. The second kappa shape index (κ2) is 10.7. The largest absolute Gasteiger partial charge is 0.508 e. The quantitative estimate of drug-likeness (QED) is 0.119. The van der Waals surface area contributed by atoms with Crippen molar-refractivity contribution in [3.05, 3.63) is 63.6 Å². The van der Waals surface area contributed by atoms with E-state index in [0.717, 1.165) is 0 Å². The number of aromatic nitrogens is 3. The van der Waals surface area contributed by atoms with Gasteiger partial charge in [0.25, 0.3) is 11.8 Å². The summed E-state index contributed by atoms with van der Waals surface area (Å²) in [5, 5.41) is 76.7. The van der Waals surface area contributed by atoms with Crippen molar-refractivity contribution in [3.8, 4) is 11.5 Å². The van der Waals surface area contributed by atoms with Gasteiger partial charge < -0.3 is 50.0 Å². The normalized spacial score (nSPS) is 23.3. The van der Waals surface area contributed by atoms with Crippen LogP contribution in [-0.4, -0.2) is 98.2 Å². The van der Waals surface area contributed by atoms with Gasteiger partial charge in [0, 0.05) is 39.1 Å². The Labute approximate surface area is 266 Å². The first-order valence-corrected chi connectivity index (χ1v) is 15.3. The molecule has 2 aliphatic rings. The van der Waals surface area contributed by atoms with Crippen LogP contribution in [0.5, 0.6) is 11.5 Å². The molecule has 16 heteroatoms. The fraction of sp³-hybridized carbons (Fsp3) is 0.258. The highest BCUT2D eigenvalue weighted by atomic mass is 32.1. The number of aromatic amines is 1. The van der Waals surface area contributed by atoms with Crippen LogP contribution in [0.2, 0.25) is 0 Å². The zero-order chi connectivity index (χ0) is 32.9. The minimum absolute atomic E-state index is 0.00434. The lowest BCUT2D eigenvalue weighted by Crippen LogP contribution is -2.56.